The molecule has 6 nitrogen and oxygen atoms in total. The molecular weight excluding hydrogens is 316 g/mol. The van der Waals surface area contributed by atoms with Crippen LogP contribution in [-0.2, 0) is 11.3 Å². The molecule has 3 rings (SSSR count). The number of amides is 1. The van der Waals surface area contributed by atoms with Crippen molar-refractivity contribution in [3.8, 4) is 11.4 Å². The van der Waals surface area contributed by atoms with Crippen LogP contribution in [0.25, 0.3) is 11.4 Å². The van der Waals surface area contributed by atoms with Gasteiger partial charge in [0.25, 0.3) is 0 Å². The molecule has 1 amide bonds. The summed E-state index contributed by atoms with van der Waals surface area (Å²) in [6.45, 7) is 8.42. The van der Waals surface area contributed by atoms with Gasteiger partial charge < -0.3 is 9.84 Å². The number of likely N-dealkylation sites (tertiary alicyclic amines) is 1. The number of hydrogen-bond donors (Lipinski definition) is 1. The van der Waals surface area contributed by atoms with E-state index >= 15 is 0 Å². The van der Waals surface area contributed by atoms with Gasteiger partial charge in [0.05, 0.1) is 6.54 Å². The molecule has 1 aliphatic rings. The molecule has 0 atom stereocenters. The molecule has 0 unspecified atom stereocenters. The molecule has 25 heavy (non-hydrogen) atoms. The highest BCUT2D eigenvalue weighted by Crippen LogP contribution is 2.21. The summed E-state index contributed by atoms with van der Waals surface area (Å²) in [7, 11) is 0. The Balaban J connectivity index is 1.53. The van der Waals surface area contributed by atoms with Crippen molar-refractivity contribution < 1.29 is 9.32 Å². The zero-order valence-corrected chi connectivity index (χ0v) is 15.2. The van der Waals surface area contributed by atoms with Gasteiger partial charge in [-0.3, -0.25) is 9.69 Å². The first kappa shape index (κ1) is 17.6. The molecule has 1 aliphatic heterocycles. The van der Waals surface area contributed by atoms with Crippen LogP contribution in [0.3, 0.4) is 0 Å². The van der Waals surface area contributed by atoms with E-state index in [-0.39, 0.29) is 17.9 Å². The number of carbonyl (C=O) groups is 1. The summed E-state index contributed by atoms with van der Waals surface area (Å²) >= 11 is 0. The molecule has 1 aromatic carbocycles. The third kappa shape index (κ3) is 4.66. The monoisotopic (exact) mass is 342 g/mol. The fourth-order valence-corrected chi connectivity index (χ4v) is 3.09. The van der Waals surface area contributed by atoms with Gasteiger partial charge in [0.2, 0.25) is 17.6 Å². The number of nitrogens with zero attached hydrogens (tertiary/aromatic N) is 3. The van der Waals surface area contributed by atoms with Crippen LogP contribution < -0.4 is 5.32 Å². The van der Waals surface area contributed by atoms with Crippen molar-refractivity contribution in [1.82, 2.24) is 20.4 Å². The zero-order chi connectivity index (χ0) is 17.8. The lowest BCUT2D eigenvalue weighted by Gasteiger charge is -2.30. The maximum Gasteiger partial charge on any atom is 0.241 e. The summed E-state index contributed by atoms with van der Waals surface area (Å²) in [6.07, 6.45) is 1.75. The van der Waals surface area contributed by atoms with Gasteiger partial charge in [0, 0.05) is 17.5 Å². The summed E-state index contributed by atoms with van der Waals surface area (Å²) in [5.74, 6) is 1.54. The summed E-state index contributed by atoms with van der Waals surface area (Å²) < 4.78 is 5.40. The third-order valence-electron chi connectivity index (χ3n) is 4.53. The van der Waals surface area contributed by atoms with Gasteiger partial charge in [0.1, 0.15) is 0 Å². The lowest BCUT2D eigenvalue weighted by molar-refractivity contribution is -0.127. The smallest absolute Gasteiger partial charge is 0.241 e. The predicted molar refractivity (Wildman–Crippen MR) is 95.8 cm³/mol. The molecule has 2 aromatic rings. The molecule has 134 valence electrons. The molecule has 0 saturated carbocycles. The number of carbonyl (C=O) groups excluding carboxylic acids is 1. The highest BCUT2D eigenvalue weighted by Gasteiger charge is 2.26. The summed E-state index contributed by atoms with van der Waals surface area (Å²) in [5, 5.41) is 7.08. The van der Waals surface area contributed by atoms with Crippen LogP contribution in [0.4, 0.5) is 0 Å². The Morgan fingerprint density at radius 3 is 2.60 bits per heavy atom. The van der Waals surface area contributed by atoms with E-state index in [2.05, 4.69) is 27.3 Å². The second-order valence-electron chi connectivity index (χ2n) is 7.09. The minimum atomic E-state index is 0.115. The summed E-state index contributed by atoms with van der Waals surface area (Å²) in [5.41, 5.74) is 2.17. The molecule has 1 aromatic heterocycles. The molecular formula is C19H26N4O2. The lowest BCUT2D eigenvalue weighted by atomic mass is 9.95. The Bertz CT molecular complexity index is 700. The van der Waals surface area contributed by atoms with Crippen molar-refractivity contribution >= 4 is 5.91 Å². The Labute approximate surface area is 148 Å². The highest BCUT2D eigenvalue weighted by molar-refractivity contribution is 5.78. The van der Waals surface area contributed by atoms with E-state index in [0.29, 0.717) is 18.3 Å². The van der Waals surface area contributed by atoms with E-state index in [1.165, 1.54) is 5.56 Å². The van der Waals surface area contributed by atoms with Gasteiger partial charge in [-0.2, -0.15) is 4.98 Å². The van der Waals surface area contributed by atoms with E-state index in [9.17, 15) is 4.79 Å². The SMILES string of the molecule is Cc1ccc(-c2noc(CN3CCC(C(=O)NC(C)C)CC3)n2)cc1. The van der Waals surface area contributed by atoms with Gasteiger partial charge in [0.15, 0.2) is 0 Å². The maximum absolute atomic E-state index is 12.1. The fraction of sp³-hybridized carbons (Fsp3) is 0.526. The van der Waals surface area contributed by atoms with Crippen molar-refractivity contribution in [3.05, 3.63) is 35.7 Å². The number of nitrogens with one attached hydrogen (secondary N) is 1. The maximum atomic E-state index is 12.1. The van der Waals surface area contributed by atoms with Gasteiger partial charge in [-0.05, 0) is 46.7 Å². The van der Waals surface area contributed by atoms with Crippen LogP contribution in [0.5, 0.6) is 0 Å². The highest BCUT2D eigenvalue weighted by atomic mass is 16.5. The van der Waals surface area contributed by atoms with E-state index in [1.54, 1.807) is 0 Å². The predicted octanol–water partition coefficient (Wildman–Crippen LogP) is 2.78. The van der Waals surface area contributed by atoms with Gasteiger partial charge >= 0.3 is 0 Å². The molecule has 0 bridgehead atoms. The van der Waals surface area contributed by atoms with Gasteiger partial charge in [-0.25, -0.2) is 0 Å². The topological polar surface area (TPSA) is 71.3 Å². The molecule has 0 aliphatic carbocycles. The Hall–Kier alpha value is -2.21. The van der Waals surface area contributed by atoms with Crippen molar-refractivity contribution in [1.29, 1.82) is 0 Å². The first-order chi connectivity index (χ1) is 12.0. The van der Waals surface area contributed by atoms with Crippen LogP contribution in [0.15, 0.2) is 28.8 Å². The Kier molecular flexibility index (Phi) is 5.48. The molecule has 0 spiro atoms. The fourth-order valence-electron chi connectivity index (χ4n) is 3.09. The first-order valence-corrected chi connectivity index (χ1v) is 8.93. The van der Waals surface area contributed by atoms with Crippen LogP contribution in [0, 0.1) is 12.8 Å². The molecule has 6 heteroatoms. The lowest BCUT2D eigenvalue weighted by Crippen LogP contribution is -2.42. The standard InChI is InChI=1S/C19H26N4O2/c1-13(2)20-19(24)16-8-10-23(11-9-16)12-17-21-18(22-25-17)15-6-4-14(3)5-7-15/h4-7,13,16H,8-12H2,1-3H3,(H,20,24). The Morgan fingerprint density at radius 1 is 1.28 bits per heavy atom. The van der Waals surface area contributed by atoms with Crippen molar-refractivity contribution in [3.63, 3.8) is 0 Å². The molecule has 0 radical (unpaired) electrons. The van der Waals surface area contributed by atoms with Crippen molar-refractivity contribution in [2.45, 2.75) is 46.2 Å². The third-order valence-corrected chi connectivity index (χ3v) is 4.53. The van der Waals surface area contributed by atoms with Crippen LogP contribution in [-0.4, -0.2) is 40.1 Å². The average molecular weight is 342 g/mol. The second kappa shape index (κ2) is 7.78. The van der Waals surface area contributed by atoms with Crippen LogP contribution in [0.1, 0.15) is 38.1 Å². The van der Waals surface area contributed by atoms with Crippen molar-refractivity contribution in [2.24, 2.45) is 5.92 Å². The van der Waals surface area contributed by atoms with E-state index in [0.717, 1.165) is 31.5 Å². The second-order valence-corrected chi connectivity index (χ2v) is 7.09. The minimum absolute atomic E-state index is 0.115. The minimum Gasteiger partial charge on any atom is -0.354 e. The number of aryl methyl sites for hydroxylation is 1. The van der Waals surface area contributed by atoms with Crippen LogP contribution >= 0.6 is 0 Å². The molecule has 2 heterocycles. The van der Waals surface area contributed by atoms with E-state index in [4.69, 9.17) is 4.52 Å². The number of hydrogen-bond acceptors (Lipinski definition) is 5. The molecule has 1 N–H and O–H groups in total. The Morgan fingerprint density at radius 2 is 1.96 bits per heavy atom. The largest absolute Gasteiger partial charge is 0.354 e. The van der Waals surface area contributed by atoms with E-state index in [1.807, 2.05) is 38.1 Å². The number of aromatic nitrogens is 2. The number of rotatable bonds is 5. The molecule has 1 saturated heterocycles. The number of piperidine rings is 1. The van der Waals surface area contributed by atoms with Gasteiger partial charge in [-0.1, -0.05) is 35.0 Å². The van der Waals surface area contributed by atoms with Crippen LogP contribution in [0.2, 0.25) is 0 Å². The summed E-state index contributed by atoms with van der Waals surface area (Å²) in [4.78, 5) is 18.9. The van der Waals surface area contributed by atoms with Gasteiger partial charge in [-0.15, -0.1) is 0 Å². The summed E-state index contributed by atoms with van der Waals surface area (Å²) in [6, 6.07) is 8.28. The quantitative estimate of drug-likeness (QED) is 0.905. The number of benzene rings is 1. The molecule has 1 fully saturated rings. The van der Waals surface area contributed by atoms with E-state index < -0.39 is 0 Å². The zero-order valence-electron chi connectivity index (χ0n) is 15.2. The van der Waals surface area contributed by atoms with Crippen molar-refractivity contribution in [2.75, 3.05) is 13.1 Å². The average Bonchev–Trinajstić information content (AvgIpc) is 3.04. The normalized spacial score (nSPS) is 16.3. The first-order valence-electron chi connectivity index (χ1n) is 8.93.